The summed E-state index contributed by atoms with van der Waals surface area (Å²) in [5.74, 6) is 0. The Morgan fingerprint density at radius 2 is 1.76 bits per heavy atom. The Balaban J connectivity index is 2.08. The van der Waals surface area contributed by atoms with Crippen LogP contribution in [0.1, 0.15) is 24.1 Å². The maximum atomic E-state index is 8.71. The Bertz CT molecular complexity index is 511. The smallest absolute Gasteiger partial charge is 0.0991 e. The molecule has 1 unspecified atom stereocenters. The Kier molecular flexibility index (Phi) is 3.37. The first-order valence-corrected chi connectivity index (χ1v) is 5.46. The monoisotopic (exact) mass is 223 g/mol. The van der Waals surface area contributed by atoms with E-state index in [0.717, 1.165) is 5.69 Å². The van der Waals surface area contributed by atoms with Crippen molar-refractivity contribution in [1.82, 2.24) is 4.98 Å². The van der Waals surface area contributed by atoms with Crippen LogP contribution in [0, 0.1) is 11.3 Å². The van der Waals surface area contributed by atoms with Gasteiger partial charge in [-0.05, 0) is 48.9 Å². The van der Waals surface area contributed by atoms with Crippen molar-refractivity contribution in [2.45, 2.75) is 13.0 Å². The Labute approximate surface area is 101 Å². The summed E-state index contributed by atoms with van der Waals surface area (Å²) in [6.45, 7) is 2.09. The number of aromatic nitrogens is 1. The van der Waals surface area contributed by atoms with Crippen LogP contribution < -0.4 is 5.32 Å². The summed E-state index contributed by atoms with van der Waals surface area (Å²) < 4.78 is 0. The summed E-state index contributed by atoms with van der Waals surface area (Å²) in [5, 5.41) is 12.1. The topological polar surface area (TPSA) is 48.7 Å². The van der Waals surface area contributed by atoms with Gasteiger partial charge in [0.2, 0.25) is 0 Å². The third-order valence-corrected chi connectivity index (χ3v) is 2.60. The molecular formula is C14H13N3. The number of nitrogens with zero attached hydrogens (tertiary/aromatic N) is 2. The van der Waals surface area contributed by atoms with Gasteiger partial charge in [0.05, 0.1) is 11.6 Å². The van der Waals surface area contributed by atoms with Crippen LogP contribution in [0.5, 0.6) is 0 Å². The van der Waals surface area contributed by atoms with Gasteiger partial charge in [0.1, 0.15) is 0 Å². The number of benzene rings is 1. The summed E-state index contributed by atoms with van der Waals surface area (Å²) >= 11 is 0. The molecule has 0 aliphatic rings. The van der Waals surface area contributed by atoms with Crippen LogP contribution in [-0.2, 0) is 0 Å². The van der Waals surface area contributed by atoms with Crippen LogP contribution in [0.15, 0.2) is 48.8 Å². The van der Waals surface area contributed by atoms with E-state index >= 15 is 0 Å². The summed E-state index contributed by atoms with van der Waals surface area (Å²) in [4.78, 5) is 3.99. The molecule has 3 nitrogen and oxygen atoms in total. The summed E-state index contributed by atoms with van der Waals surface area (Å²) in [6.07, 6.45) is 3.57. The molecule has 17 heavy (non-hydrogen) atoms. The summed E-state index contributed by atoms with van der Waals surface area (Å²) in [5.41, 5.74) is 2.87. The summed E-state index contributed by atoms with van der Waals surface area (Å²) in [6, 6.07) is 13.7. The number of anilines is 1. The Morgan fingerprint density at radius 1 is 1.12 bits per heavy atom. The Morgan fingerprint density at radius 3 is 2.35 bits per heavy atom. The normalized spacial score (nSPS) is 11.5. The van der Waals surface area contributed by atoms with E-state index in [1.807, 2.05) is 36.4 Å². The van der Waals surface area contributed by atoms with Crippen LogP contribution >= 0.6 is 0 Å². The standard InChI is InChI=1S/C14H13N3/c1-11(13-6-8-16-9-7-13)17-14-4-2-12(10-15)3-5-14/h2-9,11,17H,1H3. The van der Waals surface area contributed by atoms with Gasteiger partial charge in [0.15, 0.2) is 0 Å². The van der Waals surface area contributed by atoms with Crippen LogP contribution in [0.2, 0.25) is 0 Å². The molecule has 0 aliphatic heterocycles. The zero-order valence-corrected chi connectivity index (χ0v) is 9.59. The predicted molar refractivity (Wildman–Crippen MR) is 67.4 cm³/mol. The molecule has 1 heterocycles. The predicted octanol–water partition coefficient (Wildman–Crippen LogP) is 3.13. The van der Waals surface area contributed by atoms with E-state index in [1.54, 1.807) is 12.4 Å². The fourth-order valence-electron chi connectivity index (χ4n) is 1.63. The lowest BCUT2D eigenvalue weighted by molar-refractivity contribution is 0.881. The van der Waals surface area contributed by atoms with Gasteiger partial charge in [0, 0.05) is 24.1 Å². The molecule has 0 fully saturated rings. The van der Waals surface area contributed by atoms with Crippen molar-refractivity contribution >= 4 is 5.69 Å². The minimum Gasteiger partial charge on any atom is -0.379 e. The number of rotatable bonds is 3. The van der Waals surface area contributed by atoms with Gasteiger partial charge in [0.25, 0.3) is 0 Å². The highest BCUT2D eigenvalue weighted by Crippen LogP contribution is 2.18. The average molecular weight is 223 g/mol. The zero-order chi connectivity index (χ0) is 12.1. The van der Waals surface area contributed by atoms with Crippen molar-refractivity contribution in [1.29, 1.82) is 5.26 Å². The van der Waals surface area contributed by atoms with Gasteiger partial charge in [-0.1, -0.05) is 0 Å². The molecule has 0 spiro atoms. The van der Waals surface area contributed by atoms with E-state index in [9.17, 15) is 0 Å². The highest BCUT2D eigenvalue weighted by atomic mass is 14.9. The molecule has 0 aliphatic carbocycles. The number of pyridine rings is 1. The molecule has 2 rings (SSSR count). The van der Waals surface area contributed by atoms with Crippen LogP contribution in [0.3, 0.4) is 0 Å². The van der Waals surface area contributed by atoms with Crippen molar-refractivity contribution < 1.29 is 0 Å². The first-order chi connectivity index (χ1) is 8.29. The molecule has 1 aromatic heterocycles. The lowest BCUT2D eigenvalue weighted by atomic mass is 10.1. The quantitative estimate of drug-likeness (QED) is 0.869. The fourth-order valence-corrected chi connectivity index (χ4v) is 1.63. The van der Waals surface area contributed by atoms with E-state index in [-0.39, 0.29) is 6.04 Å². The second-order valence-electron chi connectivity index (χ2n) is 3.84. The van der Waals surface area contributed by atoms with Crippen LogP contribution in [-0.4, -0.2) is 4.98 Å². The van der Waals surface area contributed by atoms with Gasteiger partial charge in [-0.15, -0.1) is 0 Å². The van der Waals surface area contributed by atoms with Gasteiger partial charge < -0.3 is 5.32 Å². The third kappa shape index (κ3) is 2.82. The van der Waals surface area contributed by atoms with Crippen molar-refractivity contribution in [3.8, 4) is 6.07 Å². The first-order valence-electron chi connectivity index (χ1n) is 5.46. The van der Waals surface area contributed by atoms with Gasteiger partial charge >= 0.3 is 0 Å². The van der Waals surface area contributed by atoms with E-state index in [2.05, 4.69) is 23.3 Å². The number of hydrogen-bond donors (Lipinski definition) is 1. The number of nitrogens with one attached hydrogen (secondary N) is 1. The van der Waals surface area contributed by atoms with E-state index < -0.39 is 0 Å². The second kappa shape index (κ2) is 5.13. The molecule has 0 amide bonds. The van der Waals surface area contributed by atoms with Gasteiger partial charge in [-0.25, -0.2) is 0 Å². The van der Waals surface area contributed by atoms with Crippen molar-refractivity contribution in [2.75, 3.05) is 5.32 Å². The first kappa shape index (κ1) is 11.2. The molecule has 2 aromatic rings. The molecule has 1 atom stereocenters. The van der Waals surface area contributed by atoms with Gasteiger partial charge in [-0.3, -0.25) is 4.98 Å². The molecule has 0 saturated heterocycles. The molecule has 0 saturated carbocycles. The maximum Gasteiger partial charge on any atom is 0.0991 e. The molecule has 3 heteroatoms. The van der Waals surface area contributed by atoms with Gasteiger partial charge in [-0.2, -0.15) is 5.26 Å². The van der Waals surface area contributed by atoms with Crippen LogP contribution in [0.25, 0.3) is 0 Å². The summed E-state index contributed by atoms with van der Waals surface area (Å²) in [7, 11) is 0. The lowest BCUT2D eigenvalue weighted by Crippen LogP contribution is -2.06. The van der Waals surface area contributed by atoms with E-state index in [4.69, 9.17) is 5.26 Å². The molecule has 0 radical (unpaired) electrons. The minimum atomic E-state index is 0.214. The maximum absolute atomic E-state index is 8.71. The molecule has 84 valence electrons. The highest BCUT2D eigenvalue weighted by Gasteiger charge is 2.04. The fraction of sp³-hybridized carbons (Fsp3) is 0.143. The van der Waals surface area contributed by atoms with Crippen molar-refractivity contribution in [3.05, 3.63) is 59.9 Å². The molecule has 0 bridgehead atoms. The highest BCUT2D eigenvalue weighted by molar-refractivity contribution is 5.48. The molecular weight excluding hydrogens is 210 g/mol. The van der Waals surface area contributed by atoms with Crippen molar-refractivity contribution in [2.24, 2.45) is 0 Å². The third-order valence-electron chi connectivity index (χ3n) is 2.60. The number of nitriles is 1. The molecule has 1 aromatic carbocycles. The largest absolute Gasteiger partial charge is 0.379 e. The van der Waals surface area contributed by atoms with E-state index in [0.29, 0.717) is 5.56 Å². The Hall–Kier alpha value is -2.34. The molecule has 1 N–H and O–H groups in total. The SMILES string of the molecule is CC(Nc1ccc(C#N)cc1)c1ccncc1. The van der Waals surface area contributed by atoms with Crippen LogP contribution in [0.4, 0.5) is 5.69 Å². The minimum absolute atomic E-state index is 0.214. The zero-order valence-electron chi connectivity index (χ0n) is 9.59. The lowest BCUT2D eigenvalue weighted by Gasteiger charge is -2.15. The number of hydrogen-bond acceptors (Lipinski definition) is 3. The second-order valence-corrected chi connectivity index (χ2v) is 3.84. The van der Waals surface area contributed by atoms with E-state index in [1.165, 1.54) is 5.56 Å². The average Bonchev–Trinajstić information content (AvgIpc) is 2.40. The van der Waals surface area contributed by atoms with Crippen molar-refractivity contribution in [3.63, 3.8) is 0 Å².